The van der Waals surface area contributed by atoms with Crippen molar-refractivity contribution >= 4 is 0 Å². The Morgan fingerprint density at radius 1 is 0.250 bits per heavy atom. The maximum atomic E-state index is 2.18. The van der Waals surface area contributed by atoms with Crippen LogP contribution in [0, 0.1) is 11.8 Å². The van der Waals surface area contributed by atoms with E-state index in [0.717, 1.165) is 11.8 Å². The van der Waals surface area contributed by atoms with Crippen LogP contribution < -0.4 is 0 Å². The van der Waals surface area contributed by atoms with E-state index in [1.807, 2.05) is 0 Å². The Kier molecular flexibility index (Phi) is 118. The van der Waals surface area contributed by atoms with Crippen LogP contribution in [-0.4, -0.2) is 0 Å². The minimum absolute atomic E-state index is 0.833. The summed E-state index contributed by atoms with van der Waals surface area (Å²) in [6.07, 6.45) is 13.2. The first kappa shape index (κ1) is 46.3. The molecule has 0 aliphatic rings. The van der Waals surface area contributed by atoms with E-state index in [1.54, 1.807) is 0 Å². The number of rotatable bonds is 5. The third-order valence-electron chi connectivity index (χ3n) is 2.50. The largest absolute Gasteiger partial charge is 0.0654 e. The van der Waals surface area contributed by atoms with E-state index >= 15 is 0 Å². The van der Waals surface area contributed by atoms with E-state index in [0.29, 0.717) is 0 Å². The van der Waals surface area contributed by atoms with Crippen molar-refractivity contribution in [2.75, 3.05) is 0 Å². The van der Waals surface area contributed by atoms with Crippen molar-refractivity contribution in [1.82, 2.24) is 0 Å². The normalized spacial score (nSPS) is 7.93. The fraction of sp³-hybridized carbons (Fsp3) is 1.00. The summed E-state index contributed by atoms with van der Waals surface area (Å²) >= 11 is 0. The van der Waals surface area contributed by atoms with Gasteiger partial charge in [0.05, 0.1) is 0 Å². The summed E-state index contributed by atoms with van der Waals surface area (Å²) in [5.41, 5.74) is 0. The quantitative estimate of drug-likeness (QED) is 0.425. The molecule has 0 radical (unpaired) electrons. The van der Waals surface area contributed by atoms with E-state index in [9.17, 15) is 0 Å². The Morgan fingerprint density at radius 3 is 0.286 bits per heavy atom. The van der Waals surface area contributed by atoms with Crippen LogP contribution >= 0.6 is 0 Å². The smallest absolute Gasteiger partial charge is 0.0500 e. The molecule has 0 atom stereocenters. The number of unbranched alkanes of at least 4 members (excludes halogenated alkanes) is 5. The molecule has 182 valence electrons. The van der Waals surface area contributed by atoms with Crippen molar-refractivity contribution in [1.29, 1.82) is 0 Å². The third kappa shape index (κ3) is 650. The predicted octanol–water partition coefficient (Wildman–Crippen LogP) is 12.4. The maximum Gasteiger partial charge on any atom is -0.0500 e. The molecular weight excluding hydrogens is 336 g/mol. The molecule has 0 fully saturated rings. The summed E-state index contributed by atoms with van der Waals surface area (Å²) in [6, 6.07) is 0. The highest BCUT2D eigenvalue weighted by Crippen LogP contribution is 1.81. The zero-order valence-electron chi connectivity index (χ0n) is 24.2. The van der Waals surface area contributed by atoms with Gasteiger partial charge in [-0.2, -0.15) is 0 Å². The van der Waals surface area contributed by atoms with Gasteiger partial charge in [-0.15, -0.1) is 0 Å². The molecule has 0 amide bonds. The van der Waals surface area contributed by atoms with Crippen molar-refractivity contribution in [3.8, 4) is 0 Å². The molecule has 0 saturated heterocycles. The van der Waals surface area contributed by atoms with Crippen molar-refractivity contribution in [3.63, 3.8) is 0 Å². The average Bonchev–Trinajstić information content (AvgIpc) is 2.67. The molecule has 0 spiro atoms. The predicted molar refractivity (Wildman–Crippen MR) is 144 cm³/mol. The number of hydrogen-bond donors (Lipinski definition) is 0. The molecule has 0 bridgehead atoms. The van der Waals surface area contributed by atoms with Gasteiger partial charge in [0.1, 0.15) is 0 Å². The molecule has 0 N–H and O–H groups in total. The van der Waals surface area contributed by atoms with E-state index < -0.39 is 0 Å². The van der Waals surface area contributed by atoms with Crippen LogP contribution in [0.2, 0.25) is 0 Å². The molecule has 0 aliphatic heterocycles. The zero-order valence-corrected chi connectivity index (χ0v) is 24.2. The van der Waals surface area contributed by atoms with Crippen molar-refractivity contribution in [3.05, 3.63) is 0 Å². The summed E-state index contributed by atoms with van der Waals surface area (Å²) in [6.45, 7) is 34.8. The van der Waals surface area contributed by atoms with Gasteiger partial charge in [-0.05, 0) is 11.8 Å². The van der Waals surface area contributed by atoms with Gasteiger partial charge in [-0.3, -0.25) is 0 Å². The van der Waals surface area contributed by atoms with E-state index in [-0.39, 0.29) is 0 Å². The molecule has 0 heteroatoms. The summed E-state index contributed by atoms with van der Waals surface area (Å²) in [5.74, 6) is 1.67. The van der Waals surface area contributed by atoms with Gasteiger partial charge in [0.25, 0.3) is 0 Å². The Bertz CT molecular complexity index is 79.3. The van der Waals surface area contributed by atoms with Crippen LogP contribution in [0.3, 0.4) is 0 Å². The summed E-state index contributed by atoms with van der Waals surface area (Å²) < 4.78 is 0. The standard InChI is InChI=1S/7C4H10/c2*1-4(2)3;5*1-3-4-2/h2*4H,1-3H3;5*3-4H2,1-2H3. The SMILES string of the molecule is CC(C)C.CC(C)C.CCCC.CCCC.CCCC.CCCC.CCCC. The molecule has 0 unspecified atom stereocenters. The third-order valence-corrected chi connectivity index (χ3v) is 2.50. The second-order valence-corrected chi connectivity index (χ2v) is 8.46. The fourth-order valence-corrected chi connectivity index (χ4v) is 0. The Balaban J connectivity index is -0.0000000367. The molecule has 0 aliphatic carbocycles. The second-order valence-electron chi connectivity index (χ2n) is 8.46. The van der Waals surface area contributed by atoms with Gasteiger partial charge in [-0.1, -0.05) is 175 Å². The van der Waals surface area contributed by atoms with Crippen LogP contribution in [0.1, 0.15) is 175 Å². The van der Waals surface area contributed by atoms with Crippen molar-refractivity contribution in [2.24, 2.45) is 11.8 Å². The number of hydrogen-bond acceptors (Lipinski definition) is 0. The van der Waals surface area contributed by atoms with E-state index in [4.69, 9.17) is 0 Å². The Labute approximate surface area is 187 Å². The molecule has 0 rings (SSSR count). The lowest BCUT2D eigenvalue weighted by atomic mass is 10.3. The fourth-order valence-electron chi connectivity index (χ4n) is 0. The molecule has 0 aromatic rings. The highest BCUT2D eigenvalue weighted by Gasteiger charge is 1.68. The first-order valence-electron chi connectivity index (χ1n) is 13.0. The Hall–Kier alpha value is 0. The summed E-state index contributed by atoms with van der Waals surface area (Å²) in [5, 5.41) is 0. The van der Waals surface area contributed by atoms with Gasteiger partial charge in [0.2, 0.25) is 0 Å². The van der Waals surface area contributed by atoms with Crippen LogP contribution in [-0.2, 0) is 0 Å². The van der Waals surface area contributed by atoms with Crippen molar-refractivity contribution in [2.45, 2.75) is 175 Å². The van der Waals surface area contributed by atoms with Crippen LogP contribution in [0.5, 0.6) is 0 Å². The van der Waals surface area contributed by atoms with E-state index in [2.05, 4.69) is 111 Å². The van der Waals surface area contributed by atoms with Crippen LogP contribution in [0.25, 0.3) is 0 Å². The first-order chi connectivity index (χ1) is 13.0. The van der Waals surface area contributed by atoms with Crippen molar-refractivity contribution < 1.29 is 0 Å². The first-order valence-corrected chi connectivity index (χ1v) is 13.0. The summed E-state index contributed by atoms with van der Waals surface area (Å²) in [4.78, 5) is 0. The molecule has 0 aromatic heterocycles. The highest BCUT2D eigenvalue weighted by molar-refractivity contribution is 4.21. The maximum absolute atomic E-state index is 2.18. The minimum Gasteiger partial charge on any atom is -0.0654 e. The molecule has 0 aromatic carbocycles. The molecule has 0 saturated carbocycles. The topological polar surface area (TPSA) is 0 Å². The van der Waals surface area contributed by atoms with Gasteiger partial charge in [-0.25, -0.2) is 0 Å². The van der Waals surface area contributed by atoms with Crippen LogP contribution in [0.15, 0.2) is 0 Å². The lowest BCUT2D eigenvalue weighted by Crippen LogP contribution is -1.66. The molecule has 0 nitrogen and oxygen atoms in total. The summed E-state index contributed by atoms with van der Waals surface area (Å²) in [7, 11) is 0. The average molecular weight is 407 g/mol. The lowest BCUT2D eigenvalue weighted by molar-refractivity contribution is 0.736. The van der Waals surface area contributed by atoms with Gasteiger partial charge < -0.3 is 0 Å². The van der Waals surface area contributed by atoms with Crippen LogP contribution in [0.4, 0.5) is 0 Å². The molecule has 28 heavy (non-hydrogen) atoms. The highest BCUT2D eigenvalue weighted by atomic mass is 13.7. The monoisotopic (exact) mass is 407 g/mol. The second kappa shape index (κ2) is 71.3. The Morgan fingerprint density at radius 2 is 0.286 bits per heavy atom. The zero-order chi connectivity index (χ0) is 24.2. The van der Waals surface area contributed by atoms with E-state index in [1.165, 1.54) is 64.2 Å². The minimum atomic E-state index is 0.833. The lowest BCUT2D eigenvalue weighted by Gasteiger charge is -1.79. The van der Waals surface area contributed by atoms with Gasteiger partial charge in [0, 0.05) is 0 Å². The molecular formula is C28H70. The molecule has 0 heterocycles. The van der Waals surface area contributed by atoms with Gasteiger partial charge >= 0.3 is 0 Å². The van der Waals surface area contributed by atoms with Gasteiger partial charge in [0.15, 0.2) is 0 Å².